The van der Waals surface area contributed by atoms with Crippen LogP contribution < -0.4 is 10.0 Å². The Balaban J connectivity index is 2.13. The van der Waals surface area contributed by atoms with E-state index in [1.165, 1.54) is 17.4 Å². The van der Waals surface area contributed by atoms with E-state index < -0.39 is 10.0 Å². The maximum absolute atomic E-state index is 12.2. The fraction of sp³-hybridized carbons (Fsp3) is 0.333. The van der Waals surface area contributed by atoms with Crippen LogP contribution in [-0.2, 0) is 16.6 Å². The number of nitrogens with one attached hydrogen (secondary N) is 2. The van der Waals surface area contributed by atoms with Crippen molar-refractivity contribution in [3.8, 4) is 0 Å². The molecule has 0 radical (unpaired) electrons. The zero-order valence-electron chi connectivity index (χ0n) is 11.0. The van der Waals surface area contributed by atoms with E-state index in [1.54, 1.807) is 32.2 Å². The lowest BCUT2D eigenvalue weighted by Gasteiger charge is -2.10. The van der Waals surface area contributed by atoms with Crippen LogP contribution in [0, 0.1) is 0 Å². The number of sulfonamides is 1. The molecule has 0 aliphatic carbocycles. The van der Waals surface area contributed by atoms with E-state index >= 15 is 0 Å². The van der Waals surface area contributed by atoms with Gasteiger partial charge in [-0.25, -0.2) is 13.1 Å². The molecule has 0 aromatic carbocycles. The monoisotopic (exact) mass is 334 g/mol. The summed E-state index contributed by atoms with van der Waals surface area (Å²) in [5, 5.41) is 2.81. The normalized spacial score (nSPS) is 13.6. The van der Waals surface area contributed by atoms with Crippen molar-refractivity contribution in [2.75, 3.05) is 7.05 Å². The van der Waals surface area contributed by atoms with Crippen LogP contribution >= 0.6 is 22.9 Å². The van der Waals surface area contributed by atoms with Gasteiger partial charge in [0.05, 0.1) is 16.9 Å². The second-order valence-corrected chi connectivity index (χ2v) is 7.63. The number of halogens is 1. The van der Waals surface area contributed by atoms with Crippen molar-refractivity contribution < 1.29 is 12.8 Å². The zero-order valence-corrected chi connectivity index (χ0v) is 13.4. The van der Waals surface area contributed by atoms with Crippen molar-refractivity contribution in [1.29, 1.82) is 0 Å². The fourth-order valence-electron chi connectivity index (χ4n) is 1.68. The average Bonchev–Trinajstić information content (AvgIpc) is 2.98. The van der Waals surface area contributed by atoms with Crippen molar-refractivity contribution in [3.05, 3.63) is 39.2 Å². The molecule has 1 unspecified atom stereocenters. The molecule has 0 aliphatic rings. The van der Waals surface area contributed by atoms with E-state index in [-0.39, 0.29) is 11.1 Å². The Morgan fingerprint density at radius 2 is 2.10 bits per heavy atom. The van der Waals surface area contributed by atoms with E-state index in [1.807, 2.05) is 0 Å². The van der Waals surface area contributed by atoms with Crippen LogP contribution in [0.3, 0.4) is 0 Å². The summed E-state index contributed by atoms with van der Waals surface area (Å²) in [6.07, 6.45) is 0. The summed E-state index contributed by atoms with van der Waals surface area (Å²) in [6, 6.07) is 6.26. The number of furan rings is 1. The third-order valence-electron chi connectivity index (χ3n) is 2.61. The lowest BCUT2D eigenvalue weighted by atomic mass is 10.3. The van der Waals surface area contributed by atoms with Gasteiger partial charge in [0.2, 0.25) is 5.09 Å². The molecule has 110 valence electrons. The highest BCUT2D eigenvalue weighted by molar-refractivity contribution is 7.89. The van der Waals surface area contributed by atoms with Crippen LogP contribution in [0.15, 0.2) is 33.8 Å². The molecule has 2 rings (SSSR count). The predicted molar refractivity (Wildman–Crippen MR) is 79.5 cm³/mol. The lowest BCUT2D eigenvalue weighted by molar-refractivity contribution is 0.403. The molecule has 5 nitrogen and oxygen atoms in total. The summed E-state index contributed by atoms with van der Waals surface area (Å²) >= 11 is 7.19. The smallest absolute Gasteiger partial charge is 0.274 e. The van der Waals surface area contributed by atoms with Crippen LogP contribution in [0.5, 0.6) is 0 Å². The van der Waals surface area contributed by atoms with Gasteiger partial charge in [-0.1, -0.05) is 11.6 Å². The molecule has 0 amide bonds. The molecule has 0 fully saturated rings. The minimum absolute atomic E-state index is 0.0859. The first-order valence-electron chi connectivity index (χ1n) is 5.93. The summed E-state index contributed by atoms with van der Waals surface area (Å²) in [5.41, 5.74) is 0. The van der Waals surface area contributed by atoms with Gasteiger partial charge in [-0.3, -0.25) is 0 Å². The molecule has 2 heterocycles. The molecule has 20 heavy (non-hydrogen) atoms. The van der Waals surface area contributed by atoms with Gasteiger partial charge >= 0.3 is 0 Å². The van der Waals surface area contributed by atoms with Gasteiger partial charge in [0, 0.05) is 4.88 Å². The SMILES string of the molecule is CNCc1ccc(S(=O)(=O)NC(C)c2ccc(Cl)s2)o1. The van der Waals surface area contributed by atoms with E-state index in [2.05, 4.69) is 10.0 Å². The summed E-state index contributed by atoms with van der Waals surface area (Å²) in [6.45, 7) is 2.24. The predicted octanol–water partition coefficient (Wildman–Crippen LogP) is 2.75. The Labute approximate surface area is 127 Å². The van der Waals surface area contributed by atoms with Gasteiger partial charge in [0.15, 0.2) is 0 Å². The average molecular weight is 335 g/mol. The maximum atomic E-state index is 12.2. The third kappa shape index (κ3) is 3.62. The van der Waals surface area contributed by atoms with Crippen molar-refractivity contribution >= 4 is 33.0 Å². The molecular formula is C12H15ClN2O3S2. The molecule has 2 aromatic rings. The highest BCUT2D eigenvalue weighted by Gasteiger charge is 2.22. The molecule has 8 heteroatoms. The van der Waals surface area contributed by atoms with Crippen LogP contribution in [-0.4, -0.2) is 15.5 Å². The van der Waals surface area contributed by atoms with Gasteiger partial charge in [-0.05, 0) is 38.2 Å². The molecule has 0 saturated heterocycles. The first-order valence-corrected chi connectivity index (χ1v) is 8.61. The summed E-state index contributed by atoms with van der Waals surface area (Å²) < 4.78 is 32.9. The number of hydrogen-bond donors (Lipinski definition) is 2. The first kappa shape index (κ1) is 15.5. The topological polar surface area (TPSA) is 71.3 Å². The summed E-state index contributed by atoms with van der Waals surface area (Å²) in [7, 11) is -1.92. The number of hydrogen-bond acceptors (Lipinski definition) is 5. The van der Waals surface area contributed by atoms with Crippen molar-refractivity contribution in [1.82, 2.24) is 10.0 Å². The van der Waals surface area contributed by atoms with E-state index in [0.717, 1.165) is 4.88 Å². The molecule has 0 saturated carbocycles. The van der Waals surface area contributed by atoms with E-state index in [4.69, 9.17) is 16.0 Å². The summed E-state index contributed by atoms with van der Waals surface area (Å²) in [4.78, 5) is 0.848. The minimum atomic E-state index is -3.68. The van der Waals surface area contributed by atoms with Crippen LogP contribution in [0.25, 0.3) is 0 Å². The molecule has 1 atom stereocenters. The molecule has 2 N–H and O–H groups in total. The third-order valence-corrected chi connectivity index (χ3v) is 5.43. The Morgan fingerprint density at radius 1 is 1.35 bits per heavy atom. The number of thiophene rings is 1. The molecule has 0 aliphatic heterocycles. The second-order valence-electron chi connectivity index (χ2n) is 4.24. The Kier molecular flexibility index (Phi) is 4.87. The highest BCUT2D eigenvalue weighted by atomic mass is 35.5. The first-order chi connectivity index (χ1) is 9.42. The molecule has 0 spiro atoms. The molecule has 0 bridgehead atoms. The number of rotatable bonds is 6. The van der Waals surface area contributed by atoms with Crippen molar-refractivity contribution in [3.63, 3.8) is 0 Å². The van der Waals surface area contributed by atoms with E-state index in [9.17, 15) is 8.42 Å². The van der Waals surface area contributed by atoms with Crippen molar-refractivity contribution in [2.24, 2.45) is 0 Å². The maximum Gasteiger partial charge on any atom is 0.274 e. The Morgan fingerprint density at radius 3 is 2.70 bits per heavy atom. The highest BCUT2D eigenvalue weighted by Crippen LogP contribution is 2.28. The standard InChI is InChI=1S/C12H15ClN2O3S2/c1-8(10-4-5-11(13)19-10)15-20(16,17)12-6-3-9(18-12)7-14-2/h3-6,8,14-15H,7H2,1-2H3. The Bertz CT molecular complexity index is 678. The lowest BCUT2D eigenvalue weighted by Crippen LogP contribution is -2.26. The Hall–Kier alpha value is -0.860. The summed E-state index contributed by atoms with van der Waals surface area (Å²) in [5.74, 6) is 0.569. The molecular weight excluding hydrogens is 320 g/mol. The van der Waals surface area contributed by atoms with Gasteiger partial charge in [-0.2, -0.15) is 0 Å². The van der Waals surface area contributed by atoms with E-state index in [0.29, 0.717) is 16.6 Å². The zero-order chi connectivity index (χ0) is 14.8. The fourth-order valence-corrected chi connectivity index (χ4v) is 3.99. The van der Waals surface area contributed by atoms with Gasteiger partial charge in [0.25, 0.3) is 10.0 Å². The largest absolute Gasteiger partial charge is 0.447 e. The molecule has 2 aromatic heterocycles. The van der Waals surface area contributed by atoms with Gasteiger partial charge in [0.1, 0.15) is 5.76 Å². The van der Waals surface area contributed by atoms with Crippen molar-refractivity contribution in [2.45, 2.75) is 24.6 Å². The quantitative estimate of drug-likeness (QED) is 0.852. The van der Waals surface area contributed by atoms with Crippen LogP contribution in [0.1, 0.15) is 23.6 Å². The second kappa shape index (κ2) is 6.28. The van der Waals surface area contributed by atoms with Gasteiger partial charge < -0.3 is 9.73 Å². The van der Waals surface area contributed by atoms with Gasteiger partial charge in [-0.15, -0.1) is 11.3 Å². The van der Waals surface area contributed by atoms with Crippen LogP contribution in [0.2, 0.25) is 4.34 Å². The minimum Gasteiger partial charge on any atom is -0.447 e. The van der Waals surface area contributed by atoms with Crippen LogP contribution in [0.4, 0.5) is 0 Å².